The molecule has 6 heteroatoms. The molecule has 1 N–H and O–H groups in total. The lowest BCUT2D eigenvalue weighted by molar-refractivity contribution is 0.102. The SMILES string of the molecule is O=C(Nc1ccc(Cl)c(-c2nccc3ccccc23)c1)c1nccs1. The summed E-state index contributed by atoms with van der Waals surface area (Å²) in [6.07, 6.45) is 3.36. The molecule has 4 aromatic rings. The monoisotopic (exact) mass is 365 g/mol. The molecule has 0 aliphatic heterocycles. The van der Waals surface area contributed by atoms with E-state index in [1.807, 2.05) is 36.4 Å². The fourth-order valence-corrected chi connectivity index (χ4v) is 3.38. The van der Waals surface area contributed by atoms with Crippen LogP contribution in [-0.2, 0) is 0 Å². The first kappa shape index (κ1) is 15.7. The second-order valence-corrected chi connectivity index (χ2v) is 6.67. The number of benzene rings is 2. The van der Waals surface area contributed by atoms with Crippen LogP contribution in [0.4, 0.5) is 5.69 Å². The normalized spacial score (nSPS) is 10.8. The van der Waals surface area contributed by atoms with Gasteiger partial charge in [0, 0.05) is 34.4 Å². The van der Waals surface area contributed by atoms with E-state index in [4.69, 9.17) is 11.6 Å². The van der Waals surface area contributed by atoms with Gasteiger partial charge in [-0.15, -0.1) is 11.3 Å². The highest BCUT2D eigenvalue weighted by Crippen LogP contribution is 2.33. The first-order valence-electron chi connectivity index (χ1n) is 7.57. The van der Waals surface area contributed by atoms with Gasteiger partial charge in [-0.3, -0.25) is 9.78 Å². The number of hydrogen-bond acceptors (Lipinski definition) is 4. The number of amides is 1. The van der Waals surface area contributed by atoms with Crippen LogP contribution < -0.4 is 5.32 Å². The Balaban J connectivity index is 1.76. The zero-order chi connectivity index (χ0) is 17.2. The Hall–Kier alpha value is -2.76. The molecule has 2 aromatic carbocycles. The first-order chi connectivity index (χ1) is 12.2. The quantitative estimate of drug-likeness (QED) is 0.538. The number of pyridine rings is 1. The lowest BCUT2D eigenvalue weighted by atomic mass is 10.0. The van der Waals surface area contributed by atoms with E-state index >= 15 is 0 Å². The molecule has 0 aliphatic rings. The molecule has 4 nitrogen and oxygen atoms in total. The molecule has 2 heterocycles. The number of fused-ring (bicyclic) bond motifs is 1. The number of carbonyl (C=O) groups excluding carboxylic acids is 1. The molecule has 0 bridgehead atoms. The summed E-state index contributed by atoms with van der Waals surface area (Å²) in [5, 5.41) is 7.71. The molecule has 1 amide bonds. The number of rotatable bonds is 3. The third kappa shape index (κ3) is 3.12. The van der Waals surface area contributed by atoms with E-state index < -0.39 is 0 Å². The van der Waals surface area contributed by atoms with Gasteiger partial charge in [-0.05, 0) is 29.7 Å². The highest BCUT2D eigenvalue weighted by atomic mass is 35.5. The standard InChI is InChI=1S/C19H12ClN3OS/c20-16-6-5-13(23-18(24)19-22-9-10-25-19)11-15(16)17-14-4-2-1-3-12(14)7-8-21-17/h1-11H,(H,23,24). The van der Waals surface area contributed by atoms with Gasteiger partial charge in [-0.2, -0.15) is 0 Å². The topological polar surface area (TPSA) is 54.9 Å². The van der Waals surface area contributed by atoms with Crippen LogP contribution >= 0.6 is 22.9 Å². The third-order valence-electron chi connectivity index (χ3n) is 3.78. The Kier molecular flexibility index (Phi) is 4.17. The molecular weight excluding hydrogens is 354 g/mol. The van der Waals surface area contributed by atoms with Crippen LogP contribution in [0.3, 0.4) is 0 Å². The van der Waals surface area contributed by atoms with Crippen LogP contribution in [0.2, 0.25) is 5.02 Å². The van der Waals surface area contributed by atoms with Crippen molar-refractivity contribution in [2.75, 3.05) is 5.32 Å². The van der Waals surface area contributed by atoms with Gasteiger partial charge >= 0.3 is 0 Å². The molecule has 0 spiro atoms. The van der Waals surface area contributed by atoms with Crippen LogP contribution in [0, 0.1) is 0 Å². The highest BCUT2D eigenvalue weighted by molar-refractivity contribution is 7.11. The zero-order valence-electron chi connectivity index (χ0n) is 12.9. The predicted molar refractivity (Wildman–Crippen MR) is 102 cm³/mol. The van der Waals surface area contributed by atoms with Crippen molar-refractivity contribution in [2.24, 2.45) is 0 Å². The van der Waals surface area contributed by atoms with E-state index in [1.165, 1.54) is 11.3 Å². The summed E-state index contributed by atoms with van der Waals surface area (Å²) in [6.45, 7) is 0. The van der Waals surface area contributed by atoms with E-state index in [-0.39, 0.29) is 5.91 Å². The Morgan fingerprint density at radius 1 is 1.04 bits per heavy atom. The molecule has 122 valence electrons. The molecule has 25 heavy (non-hydrogen) atoms. The summed E-state index contributed by atoms with van der Waals surface area (Å²) >= 11 is 7.70. The van der Waals surface area contributed by atoms with E-state index in [0.29, 0.717) is 15.7 Å². The maximum Gasteiger partial charge on any atom is 0.284 e. The summed E-state index contributed by atoms with van der Waals surface area (Å²) in [5.74, 6) is -0.242. The molecule has 0 fully saturated rings. The molecule has 2 aromatic heterocycles. The van der Waals surface area contributed by atoms with Crippen LogP contribution in [0.1, 0.15) is 9.80 Å². The van der Waals surface area contributed by atoms with Gasteiger partial charge in [-0.25, -0.2) is 4.98 Å². The minimum absolute atomic E-state index is 0.242. The Bertz CT molecular complexity index is 1060. The van der Waals surface area contributed by atoms with Crippen molar-refractivity contribution >= 4 is 45.3 Å². The second-order valence-electron chi connectivity index (χ2n) is 5.37. The van der Waals surface area contributed by atoms with Crippen molar-refractivity contribution in [2.45, 2.75) is 0 Å². The number of anilines is 1. The van der Waals surface area contributed by atoms with Crippen molar-refractivity contribution in [1.82, 2.24) is 9.97 Å². The molecule has 4 rings (SSSR count). The van der Waals surface area contributed by atoms with Crippen LogP contribution in [0.15, 0.2) is 66.3 Å². The average molecular weight is 366 g/mol. The molecule has 0 saturated heterocycles. The van der Waals surface area contributed by atoms with Crippen LogP contribution in [0.25, 0.3) is 22.0 Å². The van der Waals surface area contributed by atoms with Gasteiger partial charge in [0.05, 0.1) is 10.7 Å². The maximum absolute atomic E-state index is 12.2. The minimum Gasteiger partial charge on any atom is -0.320 e. The second kappa shape index (κ2) is 6.63. The Morgan fingerprint density at radius 2 is 1.92 bits per heavy atom. The van der Waals surface area contributed by atoms with Crippen LogP contribution in [-0.4, -0.2) is 15.9 Å². The molecule has 0 unspecified atom stereocenters. The molecule has 0 aliphatic carbocycles. The summed E-state index contributed by atoms with van der Waals surface area (Å²) in [7, 11) is 0. The maximum atomic E-state index is 12.2. The molecule has 0 radical (unpaired) electrons. The van der Waals surface area contributed by atoms with Crippen molar-refractivity contribution < 1.29 is 4.79 Å². The fraction of sp³-hybridized carbons (Fsp3) is 0. The summed E-state index contributed by atoms with van der Waals surface area (Å²) in [6, 6.07) is 15.3. The van der Waals surface area contributed by atoms with E-state index in [2.05, 4.69) is 15.3 Å². The minimum atomic E-state index is -0.242. The van der Waals surface area contributed by atoms with Gasteiger partial charge in [0.1, 0.15) is 0 Å². The van der Waals surface area contributed by atoms with Gasteiger partial charge in [0.2, 0.25) is 0 Å². The van der Waals surface area contributed by atoms with Gasteiger partial charge < -0.3 is 5.32 Å². The van der Waals surface area contributed by atoms with Crippen LogP contribution in [0.5, 0.6) is 0 Å². The molecule has 0 saturated carbocycles. The number of carbonyl (C=O) groups is 1. The van der Waals surface area contributed by atoms with E-state index in [9.17, 15) is 4.79 Å². The fourth-order valence-electron chi connectivity index (χ4n) is 2.64. The van der Waals surface area contributed by atoms with Crippen molar-refractivity contribution in [3.05, 3.63) is 76.3 Å². The number of nitrogens with zero attached hydrogens (tertiary/aromatic N) is 2. The number of nitrogens with one attached hydrogen (secondary N) is 1. The van der Waals surface area contributed by atoms with Gasteiger partial charge in [0.25, 0.3) is 5.91 Å². The largest absolute Gasteiger partial charge is 0.320 e. The predicted octanol–water partition coefficient (Wildman–Crippen LogP) is 5.26. The number of hydrogen-bond donors (Lipinski definition) is 1. The van der Waals surface area contributed by atoms with Gasteiger partial charge in [-0.1, -0.05) is 35.9 Å². The van der Waals surface area contributed by atoms with Crippen molar-refractivity contribution in [3.8, 4) is 11.3 Å². The lowest BCUT2D eigenvalue weighted by Gasteiger charge is -2.10. The van der Waals surface area contributed by atoms with E-state index in [1.54, 1.807) is 29.9 Å². The zero-order valence-corrected chi connectivity index (χ0v) is 14.5. The van der Waals surface area contributed by atoms with Crippen molar-refractivity contribution in [1.29, 1.82) is 0 Å². The summed E-state index contributed by atoms with van der Waals surface area (Å²) in [5.41, 5.74) is 2.21. The van der Waals surface area contributed by atoms with Gasteiger partial charge in [0.15, 0.2) is 5.01 Å². The summed E-state index contributed by atoms with van der Waals surface area (Å²) < 4.78 is 0. The van der Waals surface area contributed by atoms with Crippen molar-refractivity contribution in [3.63, 3.8) is 0 Å². The lowest BCUT2D eigenvalue weighted by Crippen LogP contribution is -2.11. The third-order valence-corrected chi connectivity index (χ3v) is 4.88. The summed E-state index contributed by atoms with van der Waals surface area (Å²) in [4.78, 5) is 20.7. The Morgan fingerprint density at radius 3 is 2.76 bits per heavy atom. The highest BCUT2D eigenvalue weighted by Gasteiger charge is 2.13. The smallest absolute Gasteiger partial charge is 0.284 e. The molecular formula is C19H12ClN3OS. The Labute approximate surface area is 153 Å². The number of aromatic nitrogens is 2. The molecule has 0 atom stereocenters. The average Bonchev–Trinajstić information content (AvgIpc) is 3.18. The number of halogens is 1. The first-order valence-corrected chi connectivity index (χ1v) is 8.82. The van der Waals surface area contributed by atoms with E-state index in [0.717, 1.165) is 22.0 Å². The number of thiazole rings is 1.